The number of H-pyrrole nitrogens is 1. The van der Waals surface area contributed by atoms with Crippen LogP contribution in [0.5, 0.6) is 0 Å². The van der Waals surface area contributed by atoms with E-state index in [0.717, 1.165) is 30.1 Å². The molecule has 0 bridgehead atoms. The summed E-state index contributed by atoms with van der Waals surface area (Å²) in [6.45, 7) is 0. The monoisotopic (exact) mass is 252 g/mol. The Morgan fingerprint density at radius 1 is 1.39 bits per heavy atom. The van der Waals surface area contributed by atoms with Gasteiger partial charge in [-0.05, 0) is 36.1 Å². The number of anilines is 1. The topological polar surface area (TPSA) is 74.9 Å². The summed E-state index contributed by atoms with van der Waals surface area (Å²) in [4.78, 5) is 11.7. The van der Waals surface area contributed by atoms with Gasteiger partial charge in [0.15, 0.2) is 0 Å². The average Bonchev–Trinajstić information content (AvgIpc) is 2.29. The fourth-order valence-electron chi connectivity index (χ4n) is 2.00. The van der Waals surface area contributed by atoms with E-state index in [9.17, 15) is 14.5 Å². The lowest BCUT2D eigenvalue weighted by atomic mass is 9.93. The molecule has 1 aliphatic rings. The van der Waals surface area contributed by atoms with Crippen LogP contribution in [0.4, 0.5) is 10.3 Å². The van der Waals surface area contributed by atoms with Gasteiger partial charge in [0.2, 0.25) is 10.1 Å². The third-order valence-electron chi connectivity index (χ3n) is 3.25. The van der Waals surface area contributed by atoms with E-state index in [1.165, 1.54) is 12.1 Å². The molecule has 0 saturated heterocycles. The number of rotatable bonds is 2. The Morgan fingerprint density at radius 2 is 2.17 bits per heavy atom. The van der Waals surface area contributed by atoms with Crippen LogP contribution in [0.2, 0.25) is 0 Å². The van der Waals surface area contributed by atoms with Crippen molar-refractivity contribution in [3.8, 4) is 0 Å². The minimum absolute atomic E-state index is 0.0386. The number of aromatic amines is 1. The lowest BCUT2D eigenvalue weighted by Crippen LogP contribution is -2.45. The predicted octanol–water partition coefficient (Wildman–Crippen LogP) is 0.711. The summed E-state index contributed by atoms with van der Waals surface area (Å²) in [5.74, 6) is -0.325. The van der Waals surface area contributed by atoms with Crippen molar-refractivity contribution in [2.45, 2.75) is 25.3 Å². The van der Waals surface area contributed by atoms with Gasteiger partial charge >= 0.3 is 11.5 Å². The van der Waals surface area contributed by atoms with E-state index in [1.807, 2.05) is 0 Å². The normalized spacial score (nSPS) is 15.6. The molecule has 0 amide bonds. The standard InChI is InChI=1S/C11H12FN4O2/c12-7-4-5-9-10(6-7)16(18)14-11(15(9)17)13-8-2-1-3-8/h4-6,8,17H,1-3H2,(H,13,14,18)/q+1/p+1. The summed E-state index contributed by atoms with van der Waals surface area (Å²) in [5, 5.41) is 15.5. The minimum Gasteiger partial charge on any atom is -0.371 e. The van der Waals surface area contributed by atoms with E-state index < -0.39 is 5.82 Å². The van der Waals surface area contributed by atoms with E-state index >= 15 is 0 Å². The molecular weight excluding hydrogens is 239 g/mol. The first-order valence-electron chi connectivity index (χ1n) is 5.81. The summed E-state index contributed by atoms with van der Waals surface area (Å²) in [5.41, 5.74) is 0.281. The summed E-state index contributed by atoms with van der Waals surface area (Å²) in [7, 11) is 0. The van der Waals surface area contributed by atoms with Crippen LogP contribution >= 0.6 is 0 Å². The first-order valence-corrected chi connectivity index (χ1v) is 5.81. The second-order valence-corrected chi connectivity index (χ2v) is 4.47. The van der Waals surface area contributed by atoms with Gasteiger partial charge in [-0.25, -0.2) is 4.39 Å². The molecular formula is C11H13FN4O2+2. The second-order valence-electron chi connectivity index (χ2n) is 4.47. The Labute approximate surface area is 101 Å². The number of fused-ring (bicyclic) bond motifs is 1. The second kappa shape index (κ2) is 3.94. The first-order chi connectivity index (χ1) is 8.65. The quantitative estimate of drug-likeness (QED) is 0.544. The van der Waals surface area contributed by atoms with Crippen LogP contribution in [0, 0.1) is 10.7 Å². The maximum absolute atomic E-state index is 13.1. The van der Waals surface area contributed by atoms with Crippen molar-refractivity contribution in [1.82, 2.24) is 5.10 Å². The zero-order valence-electron chi connectivity index (χ0n) is 9.56. The molecule has 18 heavy (non-hydrogen) atoms. The van der Waals surface area contributed by atoms with Crippen molar-refractivity contribution < 1.29 is 18.9 Å². The number of nitrogens with one attached hydrogen (secondary N) is 2. The SMILES string of the molecule is O=[n+]1[nH]c(NC2CCC2)[n+](O)c2ccc(F)cc21. The van der Waals surface area contributed by atoms with Crippen LogP contribution in [0.15, 0.2) is 18.2 Å². The van der Waals surface area contributed by atoms with Gasteiger partial charge < -0.3 is 5.21 Å². The number of hydrogen-bond acceptors (Lipinski definition) is 3. The molecule has 6 nitrogen and oxygen atoms in total. The Balaban J connectivity index is 2.13. The van der Waals surface area contributed by atoms with Crippen molar-refractivity contribution in [2.24, 2.45) is 0 Å². The van der Waals surface area contributed by atoms with Crippen molar-refractivity contribution in [2.75, 3.05) is 5.32 Å². The molecule has 7 heteroatoms. The molecule has 1 heterocycles. The highest BCUT2D eigenvalue weighted by atomic mass is 19.1. The van der Waals surface area contributed by atoms with Crippen LogP contribution in [0.3, 0.4) is 0 Å². The molecule has 3 rings (SSSR count). The average molecular weight is 252 g/mol. The van der Waals surface area contributed by atoms with E-state index in [2.05, 4.69) is 10.4 Å². The fourth-order valence-corrected chi connectivity index (χ4v) is 2.00. The van der Waals surface area contributed by atoms with Gasteiger partial charge in [-0.15, -0.1) is 0 Å². The molecule has 0 aliphatic heterocycles. The smallest absolute Gasteiger partial charge is 0.371 e. The van der Waals surface area contributed by atoms with Gasteiger partial charge in [-0.1, -0.05) is 0 Å². The summed E-state index contributed by atoms with van der Waals surface area (Å²) < 4.78 is 14.3. The van der Waals surface area contributed by atoms with E-state index in [-0.39, 0.29) is 23.0 Å². The van der Waals surface area contributed by atoms with Gasteiger partial charge in [-0.2, -0.15) is 0 Å². The number of hydrogen-bond donors (Lipinski definition) is 3. The zero-order valence-corrected chi connectivity index (χ0v) is 9.56. The largest absolute Gasteiger partial charge is 0.449 e. The molecule has 1 saturated carbocycles. The van der Waals surface area contributed by atoms with Crippen LogP contribution < -0.4 is 14.6 Å². The van der Waals surface area contributed by atoms with E-state index in [4.69, 9.17) is 0 Å². The fraction of sp³-hybridized carbons (Fsp3) is 0.364. The molecule has 0 atom stereocenters. The Hall–Kier alpha value is -2.18. The molecule has 1 fully saturated rings. The molecule has 1 aromatic carbocycles. The van der Waals surface area contributed by atoms with Crippen LogP contribution in [0.1, 0.15) is 19.3 Å². The maximum atomic E-state index is 13.1. The third kappa shape index (κ3) is 1.68. The predicted molar refractivity (Wildman–Crippen MR) is 60.3 cm³/mol. The zero-order chi connectivity index (χ0) is 12.7. The molecule has 94 valence electrons. The Morgan fingerprint density at radius 3 is 2.83 bits per heavy atom. The highest BCUT2D eigenvalue weighted by Crippen LogP contribution is 2.21. The van der Waals surface area contributed by atoms with Gasteiger partial charge in [0.05, 0.1) is 17.0 Å². The van der Waals surface area contributed by atoms with Crippen molar-refractivity contribution >= 4 is 17.0 Å². The van der Waals surface area contributed by atoms with E-state index in [0.29, 0.717) is 4.54 Å². The summed E-state index contributed by atoms with van der Waals surface area (Å²) in [6.07, 6.45) is 3.15. The highest BCUT2D eigenvalue weighted by Gasteiger charge is 2.28. The summed E-state index contributed by atoms with van der Waals surface area (Å²) in [6, 6.07) is 3.89. The molecule has 0 radical (unpaired) electrons. The van der Waals surface area contributed by atoms with Crippen molar-refractivity contribution in [1.29, 1.82) is 0 Å². The van der Waals surface area contributed by atoms with E-state index in [1.54, 1.807) is 0 Å². The Kier molecular flexibility index (Phi) is 2.39. The van der Waals surface area contributed by atoms with Gasteiger partial charge in [0, 0.05) is 5.10 Å². The molecule has 1 aromatic heterocycles. The molecule has 1 aliphatic carbocycles. The third-order valence-corrected chi connectivity index (χ3v) is 3.25. The molecule has 0 spiro atoms. The molecule has 0 unspecified atom stereocenters. The first kappa shape index (κ1) is 10.9. The number of aromatic nitrogens is 3. The minimum atomic E-state index is -0.528. The lowest BCUT2D eigenvalue weighted by molar-refractivity contribution is -0.881. The van der Waals surface area contributed by atoms with Gasteiger partial charge in [0.1, 0.15) is 5.82 Å². The lowest BCUT2D eigenvalue weighted by Gasteiger charge is -2.22. The van der Waals surface area contributed by atoms with Crippen LogP contribution in [-0.4, -0.2) is 16.3 Å². The van der Waals surface area contributed by atoms with Crippen LogP contribution in [-0.2, 0) is 0 Å². The maximum Gasteiger partial charge on any atom is 0.449 e. The molecule has 2 aromatic rings. The highest BCUT2D eigenvalue weighted by molar-refractivity contribution is 5.67. The Bertz CT molecular complexity index is 666. The van der Waals surface area contributed by atoms with Gasteiger partial charge in [0.25, 0.3) is 0 Å². The number of nitrogens with zero attached hydrogens (tertiary/aromatic N) is 2. The number of benzene rings is 1. The van der Waals surface area contributed by atoms with Crippen molar-refractivity contribution in [3.63, 3.8) is 0 Å². The molecule has 3 N–H and O–H groups in total. The summed E-state index contributed by atoms with van der Waals surface area (Å²) >= 11 is 0. The van der Waals surface area contributed by atoms with Gasteiger partial charge in [-0.3, -0.25) is 5.32 Å². The van der Waals surface area contributed by atoms with Crippen LogP contribution in [0.25, 0.3) is 11.0 Å². The number of halogens is 1. The van der Waals surface area contributed by atoms with Crippen molar-refractivity contribution in [3.05, 3.63) is 28.9 Å².